The molecular weight excluding hydrogens is 431 g/mol. The summed E-state index contributed by atoms with van der Waals surface area (Å²) in [6, 6.07) is 3.68. The van der Waals surface area contributed by atoms with Crippen molar-refractivity contribution >= 4 is 35.8 Å². The summed E-state index contributed by atoms with van der Waals surface area (Å²) in [5, 5.41) is 9.43. The molecular formula is C18H33IN4O2. The molecule has 0 aliphatic carbocycles. The van der Waals surface area contributed by atoms with Gasteiger partial charge in [-0.15, -0.1) is 24.0 Å². The third-order valence-electron chi connectivity index (χ3n) is 3.47. The van der Waals surface area contributed by atoms with E-state index in [4.69, 9.17) is 4.42 Å². The van der Waals surface area contributed by atoms with Gasteiger partial charge >= 0.3 is 0 Å². The number of hydrogen-bond acceptors (Lipinski definition) is 3. The zero-order valence-corrected chi connectivity index (χ0v) is 18.3. The summed E-state index contributed by atoms with van der Waals surface area (Å²) in [6.45, 7) is 12.7. The smallest absolute Gasteiger partial charge is 0.287 e. The van der Waals surface area contributed by atoms with Gasteiger partial charge in [0.15, 0.2) is 11.7 Å². The van der Waals surface area contributed by atoms with Gasteiger partial charge in [-0.3, -0.25) is 9.79 Å². The van der Waals surface area contributed by atoms with Crippen LogP contribution in [0.15, 0.2) is 27.8 Å². The lowest BCUT2D eigenvalue weighted by Gasteiger charge is -2.23. The van der Waals surface area contributed by atoms with Gasteiger partial charge in [-0.05, 0) is 44.2 Å². The Hall–Kier alpha value is -1.25. The van der Waals surface area contributed by atoms with Gasteiger partial charge in [-0.25, -0.2) is 0 Å². The van der Waals surface area contributed by atoms with Crippen molar-refractivity contribution in [2.75, 3.05) is 19.6 Å². The lowest BCUT2D eigenvalue weighted by Crippen LogP contribution is -2.43. The van der Waals surface area contributed by atoms with E-state index in [1.165, 1.54) is 6.26 Å². The molecule has 0 fully saturated rings. The van der Waals surface area contributed by atoms with Crippen LogP contribution in [0.4, 0.5) is 0 Å². The summed E-state index contributed by atoms with van der Waals surface area (Å²) in [6.07, 6.45) is 3.72. The molecule has 1 aromatic heterocycles. The molecule has 3 N–H and O–H groups in total. The summed E-state index contributed by atoms with van der Waals surface area (Å²) in [7, 11) is 0. The molecule has 7 heteroatoms. The number of guanidine groups is 1. The molecule has 25 heavy (non-hydrogen) atoms. The molecule has 1 aromatic rings. The summed E-state index contributed by atoms with van der Waals surface area (Å²) >= 11 is 0. The fraction of sp³-hybridized carbons (Fsp3) is 0.667. The third kappa shape index (κ3) is 11.1. The number of rotatable bonds is 8. The molecule has 0 bridgehead atoms. The molecule has 0 radical (unpaired) electrons. The largest absolute Gasteiger partial charge is 0.459 e. The topological polar surface area (TPSA) is 78.7 Å². The monoisotopic (exact) mass is 464 g/mol. The molecule has 0 saturated carbocycles. The van der Waals surface area contributed by atoms with Gasteiger partial charge in [0, 0.05) is 19.1 Å². The Bertz CT molecular complexity index is 510. The number of carbonyl (C=O) groups is 1. The highest BCUT2D eigenvalue weighted by atomic mass is 127. The van der Waals surface area contributed by atoms with Crippen LogP contribution in [0.1, 0.15) is 58.0 Å². The van der Waals surface area contributed by atoms with E-state index in [0.717, 1.165) is 25.3 Å². The zero-order chi connectivity index (χ0) is 18.0. The Kier molecular flexibility index (Phi) is 11.6. The SMILES string of the molecule is CCNC(=NCCNC(=O)c1ccco1)NC(C)CCC(C)(C)C.I. The second-order valence-electron chi connectivity index (χ2n) is 7.14. The Morgan fingerprint density at radius 3 is 2.60 bits per heavy atom. The first-order valence-electron chi connectivity index (χ1n) is 8.68. The van der Waals surface area contributed by atoms with Crippen LogP contribution in [0.25, 0.3) is 0 Å². The molecule has 1 amide bonds. The van der Waals surface area contributed by atoms with Crippen molar-refractivity contribution in [1.82, 2.24) is 16.0 Å². The highest BCUT2D eigenvalue weighted by Crippen LogP contribution is 2.21. The summed E-state index contributed by atoms with van der Waals surface area (Å²) in [4.78, 5) is 16.2. The first-order chi connectivity index (χ1) is 11.3. The number of hydrogen-bond donors (Lipinski definition) is 3. The van der Waals surface area contributed by atoms with Crippen molar-refractivity contribution in [2.24, 2.45) is 10.4 Å². The van der Waals surface area contributed by atoms with Gasteiger partial charge in [0.05, 0.1) is 12.8 Å². The summed E-state index contributed by atoms with van der Waals surface area (Å²) in [5.41, 5.74) is 0.335. The number of aliphatic imine (C=N–C) groups is 1. The Labute approximate surface area is 168 Å². The highest BCUT2D eigenvalue weighted by Gasteiger charge is 2.13. The minimum atomic E-state index is -0.216. The normalized spacial score (nSPS) is 12.9. The highest BCUT2D eigenvalue weighted by molar-refractivity contribution is 14.0. The molecule has 0 aromatic carbocycles. The van der Waals surface area contributed by atoms with Crippen LogP contribution < -0.4 is 16.0 Å². The predicted octanol–water partition coefficient (Wildman–Crippen LogP) is 3.40. The Morgan fingerprint density at radius 1 is 1.32 bits per heavy atom. The third-order valence-corrected chi connectivity index (χ3v) is 3.47. The number of halogens is 1. The van der Waals surface area contributed by atoms with Gasteiger partial charge in [0.2, 0.25) is 0 Å². The van der Waals surface area contributed by atoms with Crippen LogP contribution in [-0.4, -0.2) is 37.5 Å². The zero-order valence-electron chi connectivity index (χ0n) is 16.0. The van der Waals surface area contributed by atoms with E-state index < -0.39 is 0 Å². The van der Waals surface area contributed by atoms with E-state index >= 15 is 0 Å². The Balaban J connectivity index is 0.00000576. The standard InChI is InChI=1S/C18H32N4O2.HI/c1-6-19-17(22-14(2)9-10-18(3,4)5)21-12-11-20-16(23)15-8-7-13-24-15;/h7-8,13-14H,6,9-12H2,1-5H3,(H,20,23)(H2,19,21,22);1H. The van der Waals surface area contributed by atoms with Crippen molar-refractivity contribution < 1.29 is 9.21 Å². The molecule has 1 atom stereocenters. The van der Waals surface area contributed by atoms with E-state index in [9.17, 15) is 4.79 Å². The maximum atomic E-state index is 11.7. The van der Waals surface area contributed by atoms with Crippen LogP contribution in [-0.2, 0) is 0 Å². The lowest BCUT2D eigenvalue weighted by atomic mass is 9.89. The maximum absolute atomic E-state index is 11.7. The van der Waals surface area contributed by atoms with Crippen molar-refractivity contribution in [1.29, 1.82) is 0 Å². The summed E-state index contributed by atoms with van der Waals surface area (Å²) < 4.78 is 5.05. The first kappa shape index (κ1) is 23.8. The fourth-order valence-corrected chi connectivity index (χ4v) is 2.11. The van der Waals surface area contributed by atoms with Gasteiger partial charge in [-0.2, -0.15) is 0 Å². The lowest BCUT2D eigenvalue weighted by molar-refractivity contribution is 0.0927. The van der Waals surface area contributed by atoms with Crippen molar-refractivity contribution in [2.45, 2.75) is 53.5 Å². The molecule has 1 heterocycles. The predicted molar refractivity (Wildman–Crippen MR) is 114 cm³/mol. The molecule has 0 aliphatic heterocycles. The second kappa shape index (κ2) is 12.2. The maximum Gasteiger partial charge on any atom is 0.287 e. The van der Waals surface area contributed by atoms with Crippen LogP contribution in [0, 0.1) is 5.41 Å². The van der Waals surface area contributed by atoms with E-state index in [1.54, 1.807) is 12.1 Å². The minimum absolute atomic E-state index is 0. The summed E-state index contributed by atoms with van der Waals surface area (Å²) in [5.74, 6) is 0.887. The molecule has 1 unspecified atom stereocenters. The van der Waals surface area contributed by atoms with E-state index in [-0.39, 0.29) is 29.9 Å². The van der Waals surface area contributed by atoms with Crippen LogP contribution in [0.3, 0.4) is 0 Å². The van der Waals surface area contributed by atoms with E-state index in [1.807, 2.05) is 6.92 Å². The molecule has 6 nitrogen and oxygen atoms in total. The molecule has 144 valence electrons. The molecule has 1 rings (SSSR count). The average Bonchev–Trinajstić information content (AvgIpc) is 3.03. The van der Waals surface area contributed by atoms with Crippen molar-refractivity contribution in [3.8, 4) is 0 Å². The first-order valence-corrected chi connectivity index (χ1v) is 8.68. The minimum Gasteiger partial charge on any atom is -0.459 e. The van der Waals surface area contributed by atoms with Gasteiger partial charge in [-0.1, -0.05) is 20.8 Å². The Morgan fingerprint density at radius 2 is 2.04 bits per heavy atom. The molecule has 0 saturated heterocycles. The van der Waals surface area contributed by atoms with Gasteiger partial charge in [0.25, 0.3) is 5.91 Å². The molecule has 0 spiro atoms. The van der Waals surface area contributed by atoms with Crippen LogP contribution >= 0.6 is 24.0 Å². The van der Waals surface area contributed by atoms with Crippen LogP contribution in [0.2, 0.25) is 0 Å². The number of nitrogens with one attached hydrogen (secondary N) is 3. The van der Waals surface area contributed by atoms with Crippen LogP contribution in [0.5, 0.6) is 0 Å². The number of nitrogens with zero attached hydrogens (tertiary/aromatic N) is 1. The number of carbonyl (C=O) groups excluding carboxylic acids is 1. The van der Waals surface area contributed by atoms with Gasteiger partial charge in [0.1, 0.15) is 0 Å². The average molecular weight is 464 g/mol. The molecule has 0 aliphatic rings. The second-order valence-corrected chi connectivity index (χ2v) is 7.14. The number of furan rings is 1. The van der Waals surface area contributed by atoms with Crippen molar-refractivity contribution in [3.05, 3.63) is 24.2 Å². The van der Waals surface area contributed by atoms with Gasteiger partial charge < -0.3 is 20.4 Å². The fourth-order valence-electron chi connectivity index (χ4n) is 2.11. The van der Waals surface area contributed by atoms with Crippen molar-refractivity contribution in [3.63, 3.8) is 0 Å². The number of amides is 1. The quantitative estimate of drug-likeness (QED) is 0.239. The van der Waals surface area contributed by atoms with E-state index in [2.05, 4.69) is 48.6 Å². The van der Waals surface area contributed by atoms with E-state index in [0.29, 0.717) is 30.3 Å².